The molecule has 1 N–H and O–H groups in total. The third kappa shape index (κ3) is 4.04. The molecule has 0 atom stereocenters. The van der Waals surface area contributed by atoms with E-state index in [-0.39, 0.29) is 17.1 Å². The number of nitrogens with zero attached hydrogens (tertiary/aromatic N) is 2. The number of ether oxygens (including phenoxy) is 1. The summed E-state index contributed by atoms with van der Waals surface area (Å²) in [6.07, 6.45) is 3.61. The summed E-state index contributed by atoms with van der Waals surface area (Å²) in [4.78, 5) is 3.67. The molecule has 1 heterocycles. The Bertz CT molecular complexity index is 791. The lowest BCUT2D eigenvalue weighted by molar-refractivity contribution is 0.286. The van der Waals surface area contributed by atoms with Gasteiger partial charge in [-0.25, -0.2) is 17.9 Å². The fourth-order valence-electron chi connectivity index (χ4n) is 1.88. The summed E-state index contributed by atoms with van der Waals surface area (Å²) in [5, 5.41) is 5.38. The molecule has 126 valence electrons. The largest absolute Gasteiger partial charge is 0.490 e. The molecule has 2 aromatic rings. The molecular formula is C14H17F2N3O3S. The molecule has 9 heteroatoms. The van der Waals surface area contributed by atoms with Crippen molar-refractivity contribution < 1.29 is 21.9 Å². The molecule has 0 bridgehead atoms. The van der Waals surface area contributed by atoms with Crippen LogP contribution >= 0.6 is 0 Å². The van der Waals surface area contributed by atoms with Crippen molar-refractivity contribution in [1.82, 2.24) is 15.2 Å². The van der Waals surface area contributed by atoms with Crippen molar-refractivity contribution in [2.75, 3.05) is 12.9 Å². The number of hydrogen-bond acceptors (Lipinski definition) is 5. The molecule has 0 fully saturated rings. The molecule has 2 rings (SSSR count). The van der Waals surface area contributed by atoms with Gasteiger partial charge in [-0.15, -0.1) is 0 Å². The summed E-state index contributed by atoms with van der Waals surface area (Å²) >= 11 is 0. The standard InChI is InChI=1S/C14H17F2N3O3S/c1-3-4-5-8-22-10-7-6-9(11(15)12(10)16)13-17-14(19-18-13)23(2,20)21/h6-7H,3-5,8H2,1-2H3,(H,17,18,19). The second-order valence-corrected chi connectivity index (χ2v) is 6.96. The highest BCUT2D eigenvalue weighted by atomic mass is 32.2. The Balaban J connectivity index is 2.24. The number of hydrogen-bond donors (Lipinski definition) is 1. The van der Waals surface area contributed by atoms with Crippen LogP contribution in [0.15, 0.2) is 17.3 Å². The van der Waals surface area contributed by atoms with Gasteiger partial charge in [-0.05, 0) is 18.6 Å². The van der Waals surface area contributed by atoms with Gasteiger partial charge in [-0.2, -0.15) is 14.5 Å². The zero-order chi connectivity index (χ0) is 17.0. The summed E-state index contributed by atoms with van der Waals surface area (Å²) in [6.45, 7) is 2.32. The van der Waals surface area contributed by atoms with Gasteiger partial charge in [0.25, 0.3) is 0 Å². The minimum atomic E-state index is -3.61. The van der Waals surface area contributed by atoms with Crippen LogP contribution in [0, 0.1) is 11.6 Å². The first kappa shape index (κ1) is 17.3. The number of sulfone groups is 1. The maximum absolute atomic E-state index is 14.1. The van der Waals surface area contributed by atoms with E-state index in [4.69, 9.17) is 4.74 Å². The van der Waals surface area contributed by atoms with Crippen LogP contribution in [0.4, 0.5) is 8.78 Å². The van der Waals surface area contributed by atoms with Crippen LogP contribution in [-0.2, 0) is 9.84 Å². The van der Waals surface area contributed by atoms with E-state index in [1.54, 1.807) is 0 Å². The quantitative estimate of drug-likeness (QED) is 0.780. The summed E-state index contributed by atoms with van der Waals surface area (Å²) in [5.74, 6) is -2.76. The molecule has 0 radical (unpaired) electrons. The van der Waals surface area contributed by atoms with Crippen LogP contribution in [0.25, 0.3) is 11.4 Å². The molecule has 23 heavy (non-hydrogen) atoms. The van der Waals surface area contributed by atoms with E-state index < -0.39 is 26.6 Å². The van der Waals surface area contributed by atoms with Crippen molar-refractivity contribution in [3.8, 4) is 17.1 Å². The molecule has 0 spiro atoms. The maximum atomic E-state index is 14.1. The molecule has 0 unspecified atom stereocenters. The van der Waals surface area contributed by atoms with Crippen molar-refractivity contribution in [3.63, 3.8) is 0 Å². The molecule has 0 saturated carbocycles. The maximum Gasteiger partial charge on any atom is 0.243 e. The average Bonchev–Trinajstić information content (AvgIpc) is 2.97. The lowest BCUT2D eigenvalue weighted by atomic mass is 10.2. The molecule has 0 aliphatic rings. The van der Waals surface area contributed by atoms with Gasteiger partial charge in [-0.3, -0.25) is 0 Å². The predicted molar refractivity (Wildman–Crippen MR) is 79.9 cm³/mol. The van der Waals surface area contributed by atoms with Crippen LogP contribution in [0.1, 0.15) is 26.2 Å². The highest BCUT2D eigenvalue weighted by molar-refractivity contribution is 7.90. The van der Waals surface area contributed by atoms with Crippen molar-refractivity contribution in [1.29, 1.82) is 0 Å². The van der Waals surface area contributed by atoms with Crippen molar-refractivity contribution in [2.24, 2.45) is 0 Å². The van der Waals surface area contributed by atoms with Gasteiger partial charge in [0.1, 0.15) is 0 Å². The van der Waals surface area contributed by atoms with E-state index in [0.717, 1.165) is 25.5 Å². The molecule has 0 amide bonds. The van der Waals surface area contributed by atoms with Crippen LogP contribution < -0.4 is 4.74 Å². The highest BCUT2D eigenvalue weighted by Crippen LogP contribution is 2.28. The summed E-state index contributed by atoms with van der Waals surface area (Å²) in [7, 11) is -3.61. The number of halogens is 2. The minimum Gasteiger partial charge on any atom is -0.490 e. The van der Waals surface area contributed by atoms with Crippen molar-refractivity contribution >= 4 is 9.84 Å². The number of nitrogens with one attached hydrogen (secondary N) is 1. The smallest absolute Gasteiger partial charge is 0.243 e. The molecule has 0 saturated heterocycles. The number of unbranched alkanes of at least 4 members (excludes halogenated alkanes) is 2. The van der Waals surface area contributed by atoms with Crippen LogP contribution in [0.5, 0.6) is 5.75 Å². The molecular weight excluding hydrogens is 328 g/mol. The van der Waals surface area contributed by atoms with Gasteiger partial charge in [0.15, 0.2) is 17.4 Å². The van der Waals surface area contributed by atoms with E-state index in [0.29, 0.717) is 6.61 Å². The lowest BCUT2D eigenvalue weighted by Crippen LogP contribution is -2.02. The SMILES string of the molecule is CCCCCOc1ccc(-c2n[nH]c(S(C)(=O)=O)n2)c(F)c1F. The van der Waals surface area contributed by atoms with Gasteiger partial charge < -0.3 is 4.74 Å². The zero-order valence-electron chi connectivity index (χ0n) is 12.8. The van der Waals surface area contributed by atoms with Crippen LogP contribution in [-0.4, -0.2) is 36.5 Å². The Morgan fingerprint density at radius 3 is 2.57 bits per heavy atom. The van der Waals surface area contributed by atoms with Gasteiger partial charge in [0, 0.05) is 6.26 Å². The fourth-order valence-corrected chi connectivity index (χ4v) is 2.35. The van der Waals surface area contributed by atoms with E-state index in [2.05, 4.69) is 15.2 Å². The Labute approximate surface area is 132 Å². The first-order chi connectivity index (χ1) is 10.8. The molecule has 0 aliphatic heterocycles. The molecule has 1 aromatic heterocycles. The summed E-state index contributed by atoms with van der Waals surface area (Å²) in [5.41, 5.74) is -0.241. The molecule has 0 aliphatic carbocycles. The van der Waals surface area contributed by atoms with Crippen molar-refractivity contribution in [2.45, 2.75) is 31.3 Å². The predicted octanol–water partition coefficient (Wildman–Crippen LogP) is 2.72. The summed E-state index contributed by atoms with van der Waals surface area (Å²) < 4.78 is 56.0. The monoisotopic (exact) mass is 345 g/mol. The Kier molecular flexibility index (Phi) is 5.30. The van der Waals surface area contributed by atoms with Gasteiger partial charge in [0.2, 0.25) is 20.8 Å². The fraction of sp³-hybridized carbons (Fsp3) is 0.429. The normalized spacial score (nSPS) is 11.7. The van der Waals surface area contributed by atoms with Crippen molar-refractivity contribution in [3.05, 3.63) is 23.8 Å². The first-order valence-electron chi connectivity index (χ1n) is 7.08. The average molecular weight is 345 g/mol. The minimum absolute atomic E-state index is 0.193. The molecule has 1 aromatic carbocycles. The zero-order valence-corrected chi connectivity index (χ0v) is 13.6. The second-order valence-electron chi connectivity index (χ2n) is 5.03. The Hall–Kier alpha value is -2.03. The van der Waals surface area contributed by atoms with E-state index in [1.165, 1.54) is 12.1 Å². The van der Waals surface area contributed by atoms with E-state index in [1.807, 2.05) is 6.92 Å². The van der Waals surface area contributed by atoms with Gasteiger partial charge >= 0.3 is 0 Å². The topological polar surface area (TPSA) is 84.9 Å². The Morgan fingerprint density at radius 2 is 1.96 bits per heavy atom. The van der Waals surface area contributed by atoms with Crippen LogP contribution in [0.3, 0.4) is 0 Å². The van der Waals surface area contributed by atoms with Gasteiger partial charge in [0.05, 0.1) is 12.2 Å². The van der Waals surface area contributed by atoms with Gasteiger partial charge in [-0.1, -0.05) is 19.8 Å². The number of benzene rings is 1. The summed E-state index contributed by atoms with van der Waals surface area (Å²) in [6, 6.07) is 2.53. The third-order valence-corrected chi connectivity index (χ3v) is 3.99. The van der Waals surface area contributed by atoms with Crippen LogP contribution in [0.2, 0.25) is 0 Å². The first-order valence-corrected chi connectivity index (χ1v) is 8.97. The number of aromatic amines is 1. The third-order valence-electron chi connectivity index (χ3n) is 3.11. The number of rotatable bonds is 7. The number of aromatic nitrogens is 3. The van der Waals surface area contributed by atoms with E-state index in [9.17, 15) is 17.2 Å². The lowest BCUT2D eigenvalue weighted by Gasteiger charge is -2.08. The van der Waals surface area contributed by atoms with E-state index >= 15 is 0 Å². The second kappa shape index (κ2) is 7.03. The number of H-pyrrole nitrogens is 1. The molecule has 6 nitrogen and oxygen atoms in total. The highest BCUT2D eigenvalue weighted by Gasteiger charge is 2.21. The Morgan fingerprint density at radius 1 is 1.22 bits per heavy atom.